The van der Waals surface area contributed by atoms with Crippen molar-refractivity contribution in [3.05, 3.63) is 71.4 Å². The summed E-state index contributed by atoms with van der Waals surface area (Å²) >= 11 is 6.62. The first-order valence-electron chi connectivity index (χ1n) is 9.52. The van der Waals surface area contributed by atoms with Gasteiger partial charge in [0.05, 0.1) is 27.0 Å². The smallest absolute Gasteiger partial charge is 0.161 e. The maximum Gasteiger partial charge on any atom is 0.161 e. The Morgan fingerprint density at radius 2 is 1.53 bits per heavy atom. The lowest BCUT2D eigenvalue weighted by Crippen LogP contribution is -1.96. The summed E-state index contributed by atoms with van der Waals surface area (Å²) in [6, 6.07) is 19.9. The summed E-state index contributed by atoms with van der Waals surface area (Å²) in [5.41, 5.74) is 4.79. The van der Waals surface area contributed by atoms with Crippen molar-refractivity contribution in [2.45, 2.75) is 6.92 Å². The summed E-state index contributed by atoms with van der Waals surface area (Å²) in [6.07, 6.45) is 0. The quantitative estimate of drug-likeness (QED) is 0.343. The second-order valence-corrected chi connectivity index (χ2v) is 7.33. The molecule has 0 aliphatic heterocycles. The Kier molecular flexibility index (Phi) is 5.51. The Morgan fingerprint density at radius 1 is 0.733 bits per heavy atom. The summed E-state index contributed by atoms with van der Waals surface area (Å²) in [7, 11) is 4.90. The second-order valence-electron chi connectivity index (χ2n) is 6.98. The number of aryl methyl sites for hydroxylation is 1. The highest BCUT2D eigenvalue weighted by molar-refractivity contribution is 6.35. The molecule has 0 aliphatic rings. The molecular formula is C25H22ClNO3. The molecule has 0 saturated heterocycles. The first-order valence-corrected chi connectivity index (χ1v) is 9.90. The summed E-state index contributed by atoms with van der Waals surface area (Å²) in [5.74, 6) is 2.07. The molecular weight excluding hydrogens is 398 g/mol. The molecule has 0 radical (unpaired) electrons. The maximum atomic E-state index is 6.62. The highest BCUT2D eigenvalue weighted by atomic mass is 35.5. The molecule has 0 atom stereocenters. The van der Waals surface area contributed by atoms with Crippen LogP contribution in [0, 0.1) is 6.92 Å². The van der Waals surface area contributed by atoms with Crippen LogP contribution >= 0.6 is 11.6 Å². The van der Waals surface area contributed by atoms with Crippen LogP contribution in [0.5, 0.6) is 17.2 Å². The minimum absolute atomic E-state index is 0.460. The largest absolute Gasteiger partial charge is 0.497 e. The van der Waals surface area contributed by atoms with E-state index >= 15 is 0 Å². The zero-order valence-corrected chi connectivity index (χ0v) is 18.1. The van der Waals surface area contributed by atoms with Crippen LogP contribution in [0.25, 0.3) is 33.2 Å². The average Bonchev–Trinajstić information content (AvgIpc) is 2.78. The lowest BCUT2D eigenvalue weighted by atomic mass is 9.93. The van der Waals surface area contributed by atoms with Gasteiger partial charge in [0.1, 0.15) is 10.9 Å². The van der Waals surface area contributed by atoms with E-state index in [1.807, 2.05) is 48.5 Å². The van der Waals surface area contributed by atoms with E-state index in [0.29, 0.717) is 16.7 Å². The molecule has 0 spiro atoms. The normalized spacial score (nSPS) is 10.8. The molecule has 4 aromatic rings. The molecule has 0 amide bonds. The van der Waals surface area contributed by atoms with Gasteiger partial charge in [0.25, 0.3) is 0 Å². The second kappa shape index (κ2) is 8.25. The van der Waals surface area contributed by atoms with Crippen LogP contribution in [0.4, 0.5) is 0 Å². The zero-order chi connectivity index (χ0) is 21.3. The van der Waals surface area contributed by atoms with Crippen LogP contribution in [-0.4, -0.2) is 26.3 Å². The van der Waals surface area contributed by atoms with Gasteiger partial charge >= 0.3 is 0 Å². The van der Waals surface area contributed by atoms with Crippen LogP contribution < -0.4 is 14.2 Å². The van der Waals surface area contributed by atoms with Gasteiger partial charge in [-0.25, -0.2) is 4.98 Å². The minimum atomic E-state index is 0.460. The standard InChI is InChI=1S/C25H22ClNO3/c1-15-8-10-19-20(12-15)23(16-6-5-7-18(13-16)28-2)24(27-25(19)26)17-9-11-21(29-3)22(14-17)30-4/h5-14H,1-4H3. The Hall–Kier alpha value is -3.24. The number of hydrogen-bond donors (Lipinski definition) is 0. The number of methoxy groups -OCH3 is 3. The molecule has 0 aliphatic carbocycles. The van der Waals surface area contributed by atoms with E-state index in [0.717, 1.165) is 44.5 Å². The summed E-state index contributed by atoms with van der Waals surface area (Å²) in [4.78, 5) is 4.79. The molecule has 152 valence electrons. The number of benzene rings is 3. The van der Waals surface area contributed by atoms with Crippen LogP contribution in [0.1, 0.15) is 5.56 Å². The Bertz CT molecular complexity index is 1240. The van der Waals surface area contributed by atoms with E-state index in [2.05, 4.69) is 19.1 Å². The fraction of sp³-hybridized carbons (Fsp3) is 0.160. The topological polar surface area (TPSA) is 40.6 Å². The molecule has 1 aromatic heterocycles. The average molecular weight is 420 g/mol. The third-order valence-corrected chi connectivity index (χ3v) is 5.42. The van der Waals surface area contributed by atoms with Crippen LogP contribution in [-0.2, 0) is 0 Å². The van der Waals surface area contributed by atoms with Crippen molar-refractivity contribution in [1.29, 1.82) is 0 Å². The number of halogens is 1. The van der Waals surface area contributed by atoms with Crippen LogP contribution in [0.2, 0.25) is 5.15 Å². The summed E-state index contributed by atoms with van der Waals surface area (Å²) < 4.78 is 16.4. The predicted octanol–water partition coefficient (Wildman–Crippen LogP) is 6.56. The Balaban J connectivity index is 2.09. The van der Waals surface area contributed by atoms with Crippen molar-refractivity contribution < 1.29 is 14.2 Å². The van der Waals surface area contributed by atoms with Gasteiger partial charge in [-0.05, 0) is 48.2 Å². The third kappa shape index (κ3) is 3.55. The molecule has 0 N–H and O–H groups in total. The molecule has 5 heteroatoms. The molecule has 30 heavy (non-hydrogen) atoms. The number of rotatable bonds is 5. The summed E-state index contributed by atoms with van der Waals surface area (Å²) in [6.45, 7) is 2.07. The fourth-order valence-electron chi connectivity index (χ4n) is 3.65. The molecule has 0 fully saturated rings. The van der Waals surface area contributed by atoms with Crippen molar-refractivity contribution >= 4 is 22.4 Å². The van der Waals surface area contributed by atoms with Gasteiger partial charge in [-0.1, -0.05) is 47.5 Å². The van der Waals surface area contributed by atoms with Crippen LogP contribution in [0.15, 0.2) is 60.7 Å². The Labute approximate surface area is 181 Å². The van der Waals surface area contributed by atoms with Gasteiger partial charge in [0.15, 0.2) is 11.5 Å². The van der Waals surface area contributed by atoms with Gasteiger partial charge in [-0.3, -0.25) is 0 Å². The van der Waals surface area contributed by atoms with E-state index < -0.39 is 0 Å². The number of aromatic nitrogens is 1. The lowest BCUT2D eigenvalue weighted by Gasteiger charge is -2.17. The van der Waals surface area contributed by atoms with E-state index in [9.17, 15) is 0 Å². The Morgan fingerprint density at radius 3 is 2.27 bits per heavy atom. The predicted molar refractivity (Wildman–Crippen MR) is 122 cm³/mol. The number of hydrogen-bond acceptors (Lipinski definition) is 4. The van der Waals surface area contributed by atoms with Crippen molar-refractivity contribution in [3.63, 3.8) is 0 Å². The van der Waals surface area contributed by atoms with E-state index in [1.54, 1.807) is 21.3 Å². The molecule has 3 aromatic carbocycles. The van der Waals surface area contributed by atoms with Crippen molar-refractivity contribution in [2.75, 3.05) is 21.3 Å². The van der Waals surface area contributed by atoms with E-state index in [1.165, 1.54) is 0 Å². The molecule has 0 unspecified atom stereocenters. The van der Waals surface area contributed by atoms with Crippen molar-refractivity contribution in [2.24, 2.45) is 0 Å². The van der Waals surface area contributed by atoms with Gasteiger partial charge in [0.2, 0.25) is 0 Å². The molecule has 4 nitrogen and oxygen atoms in total. The highest BCUT2D eigenvalue weighted by Crippen LogP contribution is 2.42. The van der Waals surface area contributed by atoms with E-state index in [4.69, 9.17) is 30.8 Å². The van der Waals surface area contributed by atoms with Crippen LogP contribution in [0.3, 0.4) is 0 Å². The van der Waals surface area contributed by atoms with E-state index in [-0.39, 0.29) is 0 Å². The van der Waals surface area contributed by atoms with Gasteiger partial charge in [0, 0.05) is 16.5 Å². The SMILES string of the molecule is COc1cccc(-c2c(-c3ccc(OC)c(OC)c3)nc(Cl)c3ccc(C)cc23)c1. The summed E-state index contributed by atoms with van der Waals surface area (Å²) in [5, 5.41) is 2.40. The van der Waals surface area contributed by atoms with Crippen molar-refractivity contribution in [1.82, 2.24) is 4.98 Å². The molecule has 0 bridgehead atoms. The van der Waals surface area contributed by atoms with Gasteiger partial charge in [-0.15, -0.1) is 0 Å². The lowest BCUT2D eigenvalue weighted by molar-refractivity contribution is 0.355. The maximum absolute atomic E-state index is 6.62. The molecule has 4 rings (SSSR count). The number of nitrogens with zero attached hydrogens (tertiary/aromatic N) is 1. The fourth-order valence-corrected chi connectivity index (χ4v) is 3.90. The minimum Gasteiger partial charge on any atom is -0.497 e. The highest BCUT2D eigenvalue weighted by Gasteiger charge is 2.18. The van der Waals surface area contributed by atoms with Gasteiger partial charge in [-0.2, -0.15) is 0 Å². The van der Waals surface area contributed by atoms with Gasteiger partial charge < -0.3 is 14.2 Å². The first-order chi connectivity index (χ1) is 14.5. The first kappa shape index (κ1) is 20.0. The zero-order valence-electron chi connectivity index (χ0n) is 17.3. The third-order valence-electron chi connectivity index (χ3n) is 5.13. The molecule has 1 heterocycles. The number of fused-ring (bicyclic) bond motifs is 1. The number of pyridine rings is 1. The monoisotopic (exact) mass is 419 g/mol. The van der Waals surface area contributed by atoms with Crippen molar-refractivity contribution in [3.8, 4) is 39.6 Å². The molecule has 0 saturated carbocycles. The number of ether oxygens (including phenoxy) is 3.